The van der Waals surface area contributed by atoms with Crippen LogP contribution in [0.25, 0.3) is 21.5 Å². The first kappa shape index (κ1) is 61.6. The van der Waals surface area contributed by atoms with Gasteiger partial charge < -0.3 is 29.5 Å². The van der Waals surface area contributed by atoms with Gasteiger partial charge in [-0.1, -0.05) is 75.4 Å². The van der Waals surface area contributed by atoms with Gasteiger partial charge in [-0.25, -0.2) is 0 Å². The molecule has 6 heterocycles. The van der Waals surface area contributed by atoms with Gasteiger partial charge in [-0.2, -0.15) is 0 Å². The highest BCUT2D eigenvalue weighted by molar-refractivity contribution is 6.04. The average Bonchev–Trinajstić information content (AvgIpc) is 1.62. The highest BCUT2D eigenvalue weighted by Gasteiger charge is 2.62. The Hall–Kier alpha value is -9.58. The molecule has 95 heavy (non-hydrogen) atoms. The topological polar surface area (TPSA) is 281 Å². The Morgan fingerprint density at radius 2 is 0.905 bits per heavy atom. The fourth-order valence-electron chi connectivity index (χ4n) is 18.7. The molecule has 0 amide bonds. The van der Waals surface area contributed by atoms with Crippen LogP contribution in [0.1, 0.15) is 139 Å². The van der Waals surface area contributed by atoms with Crippen molar-refractivity contribution in [2.45, 2.75) is 140 Å². The minimum atomic E-state index is -0.983. The summed E-state index contributed by atoms with van der Waals surface area (Å²) in [5, 5.41) is 32.4. The molecule has 5 fully saturated rings. The number of carboxylic acid groups (broad SMARTS) is 3. The summed E-state index contributed by atoms with van der Waals surface area (Å²) < 4.78 is 19.1. The Morgan fingerprint density at radius 3 is 1.40 bits per heavy atom. The zero-order valence-corrected chi connectivity index (χ0v) is 52.8. The molecule has 3 unspecified atom stereocenters. The number of ether oxygens (including phenoxy) is 3. The SMILES string of the molecule is C[C@]12C=CC3=CC4=C(CC(C(=O)O)CC4=O)O[C@H]3[C@@H]1CC(=O)[C@@H]2c1cccc2cnccc12.C[C@]12CCC3=CC4=C(CC(C(=O)O)CC4=O)O[C@H]3[C@@H]1CC(=O)[C@@H]2c1cccc2cnccc12.C[C@]12CCC3=CC4=C(CC(C(=O)O)CC4=O)O[C@H]3[C@@H]1CC(=O)[C@@H]2c1cccnc1. The van der Waals surface area contributed by atoms with E-state index in [9.17, 15) is 58.5 Å². The summed E-state index contributed by atoms with van der Waals surface area (Å²) in [6.07, 6.45) is 24.7. The Bertz CT molecular complexity index is 4480. The lowest BCUT2D eigenvalue weighted by Gasteiger charge is -2.47. The van der Waals surface area contributed by atoms with Gasteiger partial charge in [0, 0.05) is 141 Å². The Labute approximate surface area is 547 Å². The standard InChI is InChI=1S/C27H25NO5.C27H23NO5.C23H23NO5/c2*1-27-7-5-14-9-19-21(29)10-16(26(31)32)11-23(19)33-25(14)20(27)12-22(30)24(27)18-4-2-3-15-13-28-8-6-17(15)18;1-23-5-4-12-7-15-17(25)8-14(22(27)28)9-19(15)29-21(12)16(23)10-18(26)20(23)13-3-2-6-24-11-13/h2-4,6,8-9,13,16,20,24-25H,5,7,10-12H2,1H3,(H,31,32);2-9,13,16,20,24-25H,10-12H2,1H3,(H,31,32);2-3,6-7,11,14,16,20-21H,4-5,8-10H2,1H3,(H,27,28)/t2*16?,20-,24-,25+,27-;14?,16-,20-,21+,23-/m000/s1. The second-order valence-corrected chi connectivity index (χ2v) is 28.8. The molecular formula is C77H71N3O15. The van der Waals surface area contributed by atoms with Crippen LogP contribution >= 0.6 is 0 Å². The summed E-state index contributed by atoms with van der Waals surface area (Å²) in [6.45, 7) is 6.47. The van der Waals surface area contributed by atoms with Crippen molar-refractivity contribution in [1.82, 2.24) is 15.0 Å². The number of carboxylic acids is 3. The highest BCUT2D eigenvalue weighted by Crippen LogP contribution is 2.64. The number of carbonyl (C=O) groups is 9. The van der Waals surface area contributed by atoms with Gasteiger partial charge in [-0.3, -0.25) is 58.1 Å². The second kappa shape index (κ2) is 23.1. The second-order valence-electron chi connectivity index (χ2n) is 28.8. The maximum absolute atomic E-state index is 13.5. The molecule has 2 aromatic carbocycles. The molecule has 5 aromatic rings. The molecule has 3 aliphatic heterocycles. The summed E-state index contributed by atoms with van der Waals surface area (Å²) in [7, 11) is 0. The van der Waals surface area contributed by atoms with E-state index in [0.717, 1.165) is 80.6 Å². The molecular weight excluding hydrogens is 1210 g/mol. The molecule has 18 nitrogen and oxygen atoms in total. The number of fused-ring (bicyclic) bond motifs is 11. The molecule has 15 atom stereocenters. The van der Waals surface area contributed by atoms with Crippen LogP contribution in [0.3, 0.4) is 0 Å². The number of aliphatic carboxylic acids is 3. The van der Waals surface area contributed by atoms with E-state index in [1.165, 1.54) is 0 Å². The third-order valence-electron chi connectivity index (χ3n) is 23.6. The van der Waals surface area contributed by atoms with E-state index in [4.69, 9.17) is 14.2 Å². The van der Waals surface area contributed by atoms with E-state index < -0.39 is 41.1 Å². The van der Waals surface area contributed by atoms with Gasteiger partial charge in [0.25, 0.3) is 0 Å². The average molecular weight is 1280 g/mol. The van der Waals surface area contributed by atoms with E-state index in [1.54, 1.807) is 24.8 Å². The molecule has 3 N–H and O–H groups in total. The van der Waals surface area contributed by atoms with Crippen LogP contribution in [0.5, 0.6) is 0 Å². The number of ketones is 6. The van der Waals surface area contributed by atoms with Crippen LogP contribution in [-0.2, 0) is 57.4 Å². The van der Waals surface area contributed by atoms with Gasteiger partial charge in [-0.05, 0) is 117 Å². The molecule has 17 rings (SSSR count). The smallest absolute Gasteiger partial charge is 0.307 e. The monoisotopic (exact) mass is 1280 g/mol. The zero-order valence-electron chi connectivity index (χ0n) is 52.8. The van der Waals surface area contributed by atoms with Gasteiger partial charge in [-0.15, -0.1) is 0 Å². The Balaban J connectivity index is 0.000000118. The van der Waals surface area contributed by atoms with E-state index in [-0.39, 0.29) is 138 Å². The van der Waals surface area contributed by atoms with E-state index in [1.807, 2.05) is 91.3 Å². The van der Waals surface area contributed by atoms with E-state index in [0.29, 0.717) is 53.3 Å². The minimum absolute atomic E-state index is 0.00662. The van der Waals surface area contributed by atoms with Crippen molar-refractivity contribution in [3.63, 3.8) is 0 Å². The van der Waals surface area contributed by atoms with Crippen LogP contribution in [0, 0.1) is 51.8 Å². The number of carbonyl (C=O) groups excluding carboxylic acids is 6. The third-order valence-corrected chi connectivity index (χ3v) is 23.6. The molecule has 0 saturated heterocycles. The molecule has 0 spiro atoms. The summed E-state index contributed by atoms with van der Waals surface area (Å²) >= 11 is 0. The van der Waals surface area contributed by atoms with Crippen LogP contribution < -0.4 is 0 Å². The Kier molecular flexibility index (Phi) is 15.0. The summed E-state index contributed by atoms with van der Waals surface area (Å²) in [4.78, 5) is 125. The van der Waals surface area contributed by atoms with Gasteiger partial charge >= 0.3 is 17.9 Å². The molecule has 0 bridgehead atoms. The van der Waals surface area contributed by atoms with E-state index >= 15 is 0 Å². The summed E-state index contributed by atoms with van der Waals surface area (Å²) in [5.41, 5.74) is 6.57. The minimum Gasteiger partial charge on any atom is -0.489 e. The van der Waals surface area contributed by atoms with Crippen molar-refractivity contribution in [3.8, 4) is 0 Å². The lowest BCUT2D eigenvalue weighted by molar-refractivity contribution is -0.145. The van der Waals surface area contributed by atoms with E-state index in [2.05, 4.69) is 47.9 Å². The van der Waals surface area contributed by atoms with Crippen LogP contribution in [-0.4, -0.2) is 101 Å². The molecule has 5 saturated carbocycles. The van der Waals surface area contributed by atoms with Crippen molar-refractivity contribution >= 4 is 74.2 Å². The number of aromatic nitrogens is 3. The van der Waals surface area contributed by atoms with Gasteiger partial charge in [0.15, 0.2) is 17.3 Å². The molecule has 18 heteroatoms. The fraction of sp³-hybridized carbons (Fsp3) is 0.403. The zero-order chi connectivity index (χ0) is 66.1. The number of Topliss-reactive ketones (excluding diaryl/α,β-unsaturated/α-hetero) is 6. The Morgan fingerprint density at radius 1 is 0.463 bits per heavy atom. The molecule has 484 valence electrons. The van der Waals surface area contributed by atoms with Gasteiger partial charge in [0.1, 0.15) is 52.9 Å². The van der Waals surface area contributed by atoms with Crippen molar-refractivity contribution in [1.29, 1.82) is 0 Å². The quantitative estimate of drug-likeness (QED) is 0.142. The maximum atomic E-state index is 13.5. The van der Waals surface area contributed by atoms with Crippen molar-refractivity contribution < 1.29 is 72.7 Å². The first-order chi connectivity index (χ1) is 45.6. The lowest BCUT2D eigenvalue weighted by Crippen LogP contribution is -2.44. The number of hydrogen-bond acceptors (Lipinski definition) is 15. The number of nitrogens with zero attached hydrogens (tertiary/aromatic N) is 3. The first-order valence-corrected chi connectivity index (χ1v) is 33.0. The molecule has 3 aromatic heterocycles. The van der Waals surface area contributed by atoms with Crippen molar-refractivity contribution in [2.75, 3.05) is 0 Å². The van der Waals surface area contributed by atoms with Crippen molar-refractivity contribution in [2.24, 2.45) is 51.8 Å². The maximum Gasteiger partial charge on any atom is 0.307 e. The fourth-order valence-corrected chi connectivity index (χ4v) is 18.7. The summed E-state index contributed by atoms with van der Waals surface area (Å²) in [5.74, 6) is -4.50. The first-order valence-electron chi connectivity index (χ1n) is 33.0. The molecule has 0 radical (unpaired) electrons. The van der Waals surface area contributed by atoms with Crippen LogP contribution in [0.15, 0.2) is 179 Å². The number of rotatable bonds is 6. The largest absolute Gasteiger partial charge is 0.489 e. The predicted octanol–water partition coefficient (Wildman–Crippen LogP) is 11.7. The number of pyridine rings is 3. The highest BCUT2D eigenvalue weighted by atomic mass is 16.5. The van der Waals surface area contributed by atoms with Gasteiger partial charge in [0.2, 0.25) is 0 Å². The normalized spacial score (nSPS) is 33.9. The summed E-state index contributed by atoms with van der Waals surface area (Å²) in [6, 6.07) is 19.8. The number of hydrogen-bond donors (Lipinski definition) is 3. The predicted molar refractivity (Wildman–Crippen MR) is 343 cm³/mol. The lowest BCUT2D eigenvalue weighted by atomic mass is 9.60. The van der Waals surface area contributed by atoms with Gasteiger partial charge in [0.05, 0.1) is 40.4 Å². The number of benzene rings is 2. The number of allylic oxidation sites excluding steroid dienone is 10. The molecule has 9 aliphatic carbocycles. The van der Waals surface area contributed by atoms with Crippen LogP contribution in [0.2, 0.25) is 0 Å². The van der Waals surface area contributed by atoms with Crippen LogP contribution in [0.4, 0.5) is 0 Å². The third kappa shape index (κ3) is 10.1. The van der Waals surface area contributed by atoms with Crippen molar-refractivity contribution in [3.05, 3.63) is 196 Å². The molecule has 12 aliphatic rings.